The maximum Gasteiger partial charge on any atom is 0.0552 e. The topological polar surface area (TPSA) is 26.0 Å². The van der Waals surface area contributed by atoms with Gasteiger partial charge in [0.2, 0.25) is 0 Å². The first kappa shape index (κ1) is 14.1. The number of hydrogen-bond donors (Lipinski definition) is 1. The highest BCUT2D eigenvalue weighted by Gasteiger charge is 2.11. The van der Waals surface area contributed by atoms with Crippen molar-refractivity contribution in [1.29, 1.82) is 0 Å². The molecule has 2 aromatic carbocycles. The van der Waals surface area contributed by atoms with E-state index in [9.17, 15) is 0 Å². The first-order valence-corrected chi connectivity index (χ1v) is 7.16. The minimum Gasteiger partial charge on any atom is -0.320 e. The molecule has 0 aromatic heterocycles. The summed E-state index contributed by atoms with van der Waals surface area (Å²) in [7, 11) is 0. The molecule has 0 amide bonds. The van der Waals surface area contributed by atoms with Crippen molar-refractivity contribution in [3.8, 4) is 0 Å². The monoisotopic (exact) mass is 273 g/mol. The molecule has 2 rings (SSSR count). The van der Waals surface area contributed by atoms with E-state index >= 15 is 0 Å². The Hall–Kier alpha value is -1.31. The van der Waals surface area contributed by atoms with Crippen LogP contribution in [0.3, 0.4) is 0 Å². The molecule has 0 aliphatic rings. The average molecular weight is 274 g/mol. The predicted molar refractivity (Wildman–Crippen MR) is 82.7 cm³/mol. The third-order valence-electron chi connectivity index (χ3n) is 3.56. The SMILES string of the molecule is CCc1ccc(C(N)c2cccc(Cl)c2)cc1CC. The number of aryl methyl sites for hydroxylation is 2. The molecular weight excluding hydrogens is 254 g/mol. The second-order valence-corrected chi connectivity index (χ2v) is 5.20. The molecule has 100 valence electrons. The Labute approximate surface area is 120 Å². The van der Waals surface area contributed by atoms with Crippen molar-refractivity contribution in [2.45, 2.75) is 32.7 Å². The summed E-state index contributed by atoms with van der Waals surface area (Å²) in [4.78, 5) is 0. The molecule has 0 bridgehead atoms. The number of halogens is 1. The van der Waals surface area contributed by atoms with E-state index in [1.165, 1.54) is 11.1 Å². The lowest BCUT2D eigenvalue weighted by Crippen LogP contribution is -2.12. The first-order valence-electron chi connectivity index (χ1n) is 6.78. The van der Waals surface area contributed by atoms with Crippen LogP contribution in [0.4, 0.5) is 0 Å². The van der Waals surface area contributed by atoms with Gasteiger partial charge in [0.05, 0.1) is 6.04 Å². The molecule has 0 fully saturated rings. The van der Waals surface area contributed by atoms with Crippen molar-refractivity contribution >= 4 is 11.6 Å². The fourth-order valence-corrected chi connectivity index (χ4v) is 2.60. The normalized spacial score (nSPS) is 12.4. The summed E-state index contributed by atoms with van der Waals surface area (Å²) in [6, 6.07) is 14.2. The molecule has 1 unspecified atom stereocenters. The van der Waals surface area contributed by atoms with E-state index in [0.29, 0.717) is 0 Å². The Morgan fingerprint density at radius 1 is 0.947 bits per heavy atom. The number of hydrogen-bond acceptors (Lipinski definition) is 1. The maximum absolute atomic E-state index is 6.34. The van der Waals surface area contributed by atoms with Gasteiger partial charge in [-0.1, -0.05) is 55.8 Å². The third-order valence-corrected chi connectivity index (χ3v) is 3.79. The van der Waals surface area contributed by atoms with E-state index in [-0.39, 0.29) is 6.04 Å². The Kier molecular flexibility index (Phi) is 4.62. The predicted octanol–water partition coefficient (Wildman–Crippen LogP) is 4.51. The smallest absolute Gasteiger partial charge is 0.0552 e. The molecule has 2 N–H and O–H groups in total. The average Bonchev–Trinajstić information content (AvgIpc) is 2.45. The Bertz CT molecular complexity index is 563. The van der Waals surface area contributed by atoms with Gasteiger partial charge >= 0.3 is 0 Å². The van der Waals surface area contributed by atoms with Gasteiger partial charge in [0.25, 0.3) is 0 Å². The summed E-state index contributed by atoms with van der Waals surface area (Å²) in [5.41, 5.74) is 11.3. The van der Waals surface area contributed by atoms with Gasteiger partial charge in [0.15, 0.2) is 0 Å². The van der Waals surface area contributed by atoms with Crippen LogP contribution < -0.4 is 5.73 Å². The molecule has 0 saturated heterocycles. The second kappa shape index (κ2) is 6.23. The molecule has 2 heteroatoms. The molecular formula is C17H20ClN. The van der Waals surface area contributed by atoms with Crippen LogP contribution in [0.15, 0.2) is 42.5 Å². The fraction of sp³-hybridized carbons (Fsp3) is 0.294. The van der Waals surface area contributed by atoms with Crippen LogP contribution in [0.1, 0.15) is 42.1 Å². The zero-order valence-corrected chi connectivity index (χ0v) is 12.2. The fourth-order valence-electron chi connectivity index (χ4n) is 2.41. The molecule has 1 nitrogen and oxygen atoms in total. The summed E-state index contributed by atoms with van der Waals surface area (Å²) in [6.07, 6.45) is 2.11. The molecule has 1 atom stereocenters. The lowest BCUT2D eigenvalue weighted by molar-refractivity contribution is 0.863. The van der Waals surface area contributed by atoms with Crippen molar-refractivity contribution in [3.63, 3.8) is 0 Å². The standard InChI is InChI=1S/C17H20ClN/c1-3-12-8-9-15(10-13(12)4-2)17(19)14-6-5-7-16(18)11-14/h5-11,17H,3-4,19H2,1-2H3. The van der Waals surface area contributed by atoms with Crippen LogP contribution in [0.2, 0.25) is 5.02 Å². The van der Waals surface area contributed by atoms with E-state index in [4.69, 9.17) is 17.3 Å². The van der Waals surface area contributed by atoms with E-state index in [2.05, 4.69) is 32.0 Å². The van der Waals surface area contributed by atoms with E-state index < -0.39 is 0 Å². The largest absolute Gasteiger partial charge is 0.320 e. The summed E-state index contributed by atoms with van der Waals surface area (Å²) in [5, 5.41) is 0.730. The second-order valence-electron chi connectivity index (χ2n) is 4.77. The highest BCUT2D eigenvalue weighted by atomic mass is 35.5. The van der Waals surface area contributed by atoms with Gasteiger partial charge in [-0.3, -0.25) is 0 Å². The molecule has 2 aromatic rings. The van der Waals surface area contributed by atoms with Gasteiger partial charge in [0.1, 0.15) is 0 Å². The quantitative estimate of drug-likeness (QED) is 0.871. The minimum absolute atomic E-state index is 0.116. The third kappa shape index (κ3) is 3.17. The van der Waals surface area contributed by atoms with Gasteiger partial charge in [-0.05, 0) is 47.2 Å². The molecule has 0 aliphatic carbocycles. The van der Waals surface area contributed by atoms with Gasteiger partial charge in [0, 0.05) is 5.02 Å². The molecule has 0 aliphatic heterocycles. The zero-order valence-electron chi connectivity index (χ0n) is 11.5. The summed E-state index contributed by atoms with van der Waals surface area (Å²) >= 11 is 6.03. The van der Waals surface area contributed by atoms with Gasteiger partial charge in [-0.15, -0.1) is 0 Å². The van der Waals surface area contributed by atoms with Crippen LogP contribution in [-0.2, 0) is 12.8 Å². The van der Waals surface area contributed by atoms with Crippen LogP contribution in [0, 0.1) is 0 Å². The molecule has 0 radical (unpaired) electrons. The van der Waals surface area contributed by atoms with E-state index in [1.54, 1.807) is 0 Å². The maximum atomic E-state index is 6.34. The number of rotatable bonds is 4. The number of nitrogens with two attached hydrogens (primary N) is 1. The van der Waals surface area contributed by atoms with Gasteiger partial charge in [-0.25, -0.2) is 0 Å². The van der Waals surface area contributed by atoms with Crippen LogP contribution in [0.5, 0.6) is 0 Å². The summed E-state index contributed by atoms with van der Waals surface area (Å²) in [6.45, 7) is 4.37. The molecule has 0 heterocycles. The summed E-state index contributed by atoms with van der Waals surface area (Å²) in [5.74, 6) is 0. The Morgan fingerprint density at radius 2 is 1.63 bits per heavy atom. The van der Waals surface area contributed by atoms with E-state index in [0.717, 1.165) is 29.0 Å². The van der Waals surface area contributed by atoms with Crippen LogP contribution >= 0.6 is 11.6 Å². The van der Waals surface area contributed by atoms with E-state index in [1.807, 2.05) is 24.3 Å². The highest BCUT2D eigenvalue weighted by Crippen LogP contribution is 2.24. The van der Waals surface area contributed by atoms with Gasteiger partial charge in [-0.2, -0.15) is 0 Å². The Morgan fingerprint density at radius 3 is 2.26 bits per heavy atom. The summed E-state index contributed by atoms with van der Waals surface area (Å²) < 4.78 is 0. The van der Waals surface area contributed by atoms with Crippen molar-refractivity contribution in [2.24, 2.45) is 5.73 Å². The lowest BCUT2D eigenvalue weighted by Gasteiger charge is -2.16. The zero-order chi connectivity index (χ0) is 13.8. The van der Waals surface area contributed by atoms with Crippen LogP contribution in [-0.4, -0.2) is 0 Å². The minimum atomic E-state index is -0.116. The Balaban J connectivity index is 2.36. The lowest BCUT2D eigenvalue weighted by atomic mass is 9.94. The number of benzene rings is 2. The van der Waals surface area contributed by atoms with Crippen LogP contribution in [0.25, 0.3) is 0 Å². The van der Waals surface area contributed by atoms with Crippen molar-refractivity contribution in [2.75, 3.05) is 0 Å². The molecule has 19 heavy (non-hydrogen) atoms. The van der Waals surface area contributed by atoms with Crippen molar-refractivity contribution in [3.05, 3.63) is 69.7 Å². The van der Waals surface area contributed by atoms with Gasteiger partial charge < -0.3 is 5.73 Å². The van der Waals surface area contributed by atoms with Crippen molar-refractivity contribution in [1.82, 2.24) is 0 Å². The highest BCUT2D eigenvalue weighted by molar-refractivity contribution is 6.30. The molecule has 0 spiro atoms. The molecule has 0 saturated carbocycles. The van der Waals surface area contributed by atoms with Crippen molar-refractivity contribution < 1.29 is 0 Å². The first-order chi connectivity index (χ1) is 9.15.